The van der Waals surface area contributed by atoms with Gasteiger partial charge in [0.15, 0.2) is 5.82 Å². The molecule has 4 aliphatic rings. The molecule has 388 valence electrons. The fraction of sp³-hybridized carbons (Fsp3) is 0.462. The Kier molecular flexibility index (Phi) is 16.6. The Labute approximate surface area is 429 Å². The Morgan fingerprint density at radius 2 is 1.35 bits per heavy atom. The average molecular weight is 1030 g/mol. The number of halogens is 2. The monoisotopic (exact) mass is 1030 g/mol. The quantitative estimate of drug-likeness (QED) is 0.103. The van der Waals surface area contributed by atoms with Gasteiger partial charge in [-0.15, -0.1) is 0 Å². The van der Waals surface area contributed by atoms with Gasteiger partial charge < -0.3 is 30.9 Å². The highest BCUT2D eigenvalue weighted by molar-refractivity contribution is 7.84. The summed E-state index contributed by atoms with van der Waals surface area (Å²) in [6.45, 7) is 9.78. The van der Waals surface area contributed by atoms with Crippen LogP contribution in [0.15, 0.2) is 69.7 Å². The number of pyridine rings is 3. The number of nitriles is 2. The Balaban J connectivity index is 0.000000154. The van der Waals surface area contributed by atoms with Gasteiger partial charge in [0.05, 0.1) is 22.7 Å². The molecule has 19 nitrogen and oxygen atoms in total. The van der Waals surface area contributed by atoms with Crippen molar-refractivity contribution in [3.63, 3.8) is 0 Å². The second kappa shape index (κ2) is 23.2. The molecule has 1 amide bonds. The molecule has 4 N–H and O–H groups in total. The Morgan fingerprint density at radius 3 is 1.88 bits per heavy atom. The lowest BCUT2D eigenvalue weighted by Crippen LogP contribution is -2.43. The van der Waals surface area contributed by atoms with Crippen molar-refractivity contribution in [1.29, 1.82) is 10.5 Å². The number of carbonyl (C=O) groups is 1. The molecule has 1 atom stereocenters. The highest BCUT2D eigenvalue weighted by Crippen LogP contribution is 2.34. The number of anilines is 4. The van der Waals surface area contributed by atoms with Gasteiger partial charge in [0.1, 0.15) is 51.8 Å². The summed E-state index contributed by atoms with van der Waals surface area (Å²) in [5, 5.41) is 26.2. The van der Waals surface area contributed by atoms with E-state index in [1.54, 1.807) is 32.4 Å². The predicted molar refractivity (Wildman–Crippen MR) is 278 cm³/mol. The van der Waals surface area contributed by atoms with Crippen LogP contribution in [-0.4, -0.2) is 100 Å². The van der Waals surface area contributed by atoms with Gasteiger partial charge in [0, 0.05) is 92.5 Å². The summed E-state index contributed by atoms with van der Waals surface area (Å²) in [5.41, 5.74) is 7.15. The van der Waals surface area contributed by atoms with Crippen LogP contribution in [0.4, 0.5) is 36.7 Å². The van der Waals surface area contributed by atoms with Crippen molar-refractivity contribution in [2.24, 2.45) is 0 Å². The van der Waals surface area contributed by atoms with E-state index in [0.717, 1.165) is 90.4 Å². The third-order valence-corrected chi connectivity index (χ3v) is 14.3. The summed E-state index contributed by atoms with van der Waals surface area (Å²) in [4.78, 5) is 62.5. The van der Waals surface area contributed by atoms with Gasteiger partial charge in [-0.2, -0.15) is 15.5 Å². The van der Waals surface area contributed by atoms with Crippen molar-refractivity contribution in [3.8, 4) is 12.1 Å². The lowest BCUT2D eigenvalue weighted by Gasteiger charge is -2.33. The molecular formula is C52H60F2N14O5S. The van der Waals surface area contributed by atoms with Crippen LogP contribution in [0.5, 0.6) is 0 Å². The van der Waals surface area contributed by atoms with E-state index in [1.165, 1.54) is 42.9 Å². The van der Waals surface area contributed by atoms with Gasteiger partial charge in [-0.05, 0) is 95.0 Å². The smallest absolute Gasteiger partial charge is 0.410 e. The van der Waals surface area contributed by atoms with Gasteiger partial charge in [-0.3, -0.25) is 22.9 Å². The number of rotatable bonds is 7. The SMILES string of the molecule is CC(C)(C)OC(=O)N1CCC(c2ccc(N)cc2F)CC1.CS(=O)c1ncc2cc(C#N)c(=O)n(C3CCCC3)c2n1.N#Cc1cc2cnc(Nc3cc(F)c(N4CCNCC4)cn3)nc2n(C2CCCC2)c1=O. The summed E-state index contributed by atoms with van der Waals surface area (Å²) in [7, 11) is -1.31. The van der Waals surface area contributed by atoms with Crippen LogP contribution in [0.2, 0.25) is 0 Å². The first-order valence-corrected chi connectivity index (χ1v) is 26.5. The lowest BCUT2D eigenvalue weighted by molar-refractivity contribution is 0.0204. The van der Waals surface area contributed by atoms with Crippen LogP contribution < -0.4 is 32.4 Å². The molecular weight excluding hydrogens is 971 g/mol. The minimum absolute atomic E-state index is 0.00920. The number of piperidine rings is 1. The number of fused-ring (bicyclic) bond motifs is 2. The van der Waals surface area contributed by atoms with Crippen LogP contribution in [0, 0.1) is 34.3 Å². The number of hydrogen-bond donors (Lipinski definition) is 3. The Bertz CT molecular complexity index is 3270. The topological polar surface area (TPSA) is 256 Å². The van der Waals surface area contributed by atoms with E-state index in [-0.39, 0.29) is 74.9 Å². The third kappa shape index (κ3) is 12.3. The zero-order valence-corrected chi connectivity index (χ0v) is 42.8. The highest BCUT2D eigenvalue weighted by atomic mass is 32.2. The molecule has 2 saturated heterocycles. The molecule has 2 aliphatic carbocycles. The number of amides is 1. The molecule has 4 fully saturated rings. The second-order valence-corrected chi connectivity index (χ2v) is 21.1. The van der Waals surface area contributed by atoms with E-state index in [0.29, 0.717) is 52.1 Å². The minimum Gasteiger partial charge on any atom is -0.444 e. The molecule has 7 heterocycles. The number of carbonyl (C=O) groups excluding carboxylic acids is 1. The molecule has 5 aromatic heterocycles. The zero-order chi connectivity index (χ0) is 52.7. The van der Waals surface area contributed by atoms with Crippen molar-refractivity contribution >= 4 is 62.1 Å². The number of hydrogen-bond acceptors (Lipinski definition) is 16. The van der Waals surface area contributed by atoms with Crippen molar-refractivity contribution in [1.82, 2.24) is 44.3 Å². The first kappa shape index (κ1) is 52.9. The first-order chi connectivity index (χ1) is 35.5. The lowest BCUT2D eigenvalue weighted by atomic mass is 9.89. The van der Waals surface area contributed by atoms with E-state index in [4.69, 9.17) is 15.7 Å². The molecule has 6 aromatic rings. The largest absolute Gasteiger partial charge is 0.444 e. The standard InChI is InChI=1S/C22H23FN8O.C16H23FN2O2.C14H14N4O2S/c23-17-10-19(26-13-18(17)30-7-5-25-6-8-30)28-22-27-12-15-9-14(11-24)21(32)31(20(15)29-22)16-3-1-2-4-16;1-16(2,3)21-15(20)19-8-6-11(7-9-19)13-5-4-12(18)10-14(13)17;1-21(20)14-16-8-10-6-9(7-15)13(19)18(12(10)17-14)11-4-2-3-5-11/h9-10,12-13,16,25H,1-8H2,(H,26,27,28,29);4-5,10-11H,6-9,18H2,1-3H3;6,8,11H,2-5H2,1H3. The molecule has 22 heteroatoms. The number of likely N-dealkylation sites (tertiary alicyclic amines) is 1. The molecule has 0 bridgehead atoms. The van der Waals surface area contributed by atoms with E-state index in [1.807, 2.05) is 37.8 Å². The summed E-state index contributed by atoms with van der Waals surface area (Å²) in [6.07, 6.45) is 15.0. The van der Waals surface area contributed by atoms with E-state index < -0.39 is 16.4 Å². The molecule has 74 heavy (non-hydrogen) atoms. The molecule has 2 saturated carbocycles. The number of ether oxygens (including phenoxy) is 1. The molecule has 2 aliphatic heterocycles. The van der Waals surface area contributed by atoms with Gasteiger partial charge >= 0.3 is 6.09 Å². The van der Waals surface area contributed by atoms with Crippen LogP contribution in [-0.2, 0) is 15.5 Å². The summed E-state index contributed by atoms with van der Waals surface area (Å²) in [5.74, 6) is 0.000963. The Hall–Kier alpha value is -7.43. The average Bonchev–Trinajstić information content (AvgIpc) is 4.13. The fourth-order valence-corrected chi connectivity index (χ4v) is 10.3. The second-order valence-electron chi connectivity index (χ2n) is 19.8. The van der Waals surface area contributed by atoms with Gasteiger partial charge in [-0.25, -0.2) is 33.5 Å². The number of nitrogens with one attached hydrogen (secondary N) is 2. The van der Waals surface area contributed by atoms with Crippen molar-refractivity contribution in [2.45, 2.75) is 114 Å². The van der Waals surface area contributed by atoms with Crippen molar-refractivity contribution < 1.29 is 22.5 Å². The predicted octanol–water partition coefficient (Wildman–Crippen LogP) is 7.50. The molecule has 1 unspecified atom stereocenters. The number of benzene rings is 1. The van der Waals surface area contributed by atoms with Gasteiger partial charge in [-0.1, -0.05) is 31.7 Å². The maximum atomic E-state index is 14.7. The van der Waals surface area contributed by atoms with E-state index >= 15 is 0 Å². The van der Waals surface area contributed by atoms with E-state index in [9.17, 15) is 32.6 Å². The number of piperazine rings is 1. The number of aromatic nitrogens is 7. The fourth-order valence-electron chi connectivity index (χ4n) is 9.90. The zero-order valence-electron chi connectivity index (χ0n) is 41.9. The van der Waals surface area contributed by atoms with E-state index in [2.05, 4.69) is 35.6 Å². The molecule has 0 spiro atoms. The van der Waals surface area contributed by atoms with Crippen molar-refractivity contribution in [2.75, 3.05) is 61.5 Å². The Morgan fingerprint density at radius 1 is 0.784 bits per heavy atom. The number of nitrogens with two attached hydrogens (primary N) is 1. The van der Waals surface area contributed by atoms with Gasteiger partial charge in [0.2, 0.25) is 11.1 Å². The van der Waals surface area contributed by atoms with Crippen LogP contribution >= 0.6 is 0 Å². The minimum atomic E-state index is -1.31. The normalized spacial score (nSPS) is 16.9. The molecule has 1 aromatic carbocycles. The number of nitrogens with zero attached hydrogens (tertiary/aromatic N) is 11. The third-order valence-electron chi connectivity index (χ3n) is 13.5. The molecule has 10 rings (SSSR count). The molecule has 0 radical (unpaired) electrons. The van der Waals surface area contributed by atoms with Gasteiger partial charge in [0.25, 0.3) is 11.1 Å². The van der Waals surface area contributed by atoms with Crippen LogP contribution in [0.1, 0.15) is 120 Å². The van der Waals surface area contributed by atoms with Crippen molar-refractivity contribution in [3.05, 3.63) is 104 Å². The summed E-state index contributed by atoms with van der Waals surface area (Å²) < 4.78 is 48.8. The maximum Gasteiger partial charge on any atom is 0.410 e. The summed E-state index contributed by atoms with van der Waals surface area (Å²) in [6, 6.07) is 13.2. The summed E-state index contributed by atoms with van der Waals surface area (Å²) >= 11 is 0. The number of nitrogen functional groups attached to an aromatic ring is 1. The highest BCUT2D eigenvalue weighted by Gasteiger charge is 2.29. The van der Waals surface area contributed by atoms with Crippen LogP contribution in [0.25, 0.3) is 22.1 Å². The maximum absolute atomic E-state index is 14.7. The first-order valence-electron chi connectivity index (χ1n) is 24.9. The van der Waals surface area contributed by atoms with Crippen LogP contribution in [0.3, 0.4) is 0 Å².